The fourth-order valence-corrected chi connectivity index (χ4v) is 3.54. The van der Waals surface area contributed by atoms with Crippen molar-refractivity contribution in [1.29, 1.82) is 0 Å². The summed E-state index contributed by atoms with van der Waals surface area (Å²) in [6.07, 6.45) is 1.96. The first-order valence-electron chi connectivity index (χ1n) is 8.72. The van der Waals surface area contributed by atoms with Gasteiger partial charge in [0.2, 0.25) is 5.89 Å². The Kier molecular flexibility index (Phi) is 4.20. The molecule has 1 N–H and O–H groups in total. The van der Waals surface area contributed by atoms with Gasteiger partial charge in [-0.1, -0.05) is 5.16 Å². The molecule has 1 aromatic carbocycles. The minimum absolute atomic E-state index is 0.262. The second-order valence-corrected chi connectivity index (χ2v) is 6.83. The number of piperidine rings is 1. The topological polar surface area (TPSA) is 97.3 Å². The molecule has 136 valence electrons. The fraction of sp³-hybridized carbons (Fsp3) is 0.444. The van der Waals surface area contributed by atoms with Crippen molar-refractivity contribution in [3.05, 3.63) is 41.3 Å². The highest BCUT2D eigenvalue weighted by atomic mass is 16.5. The molecule has 0 spiro atoms. The van der Waals surface area contributed by atoms with E-state index in [9.17, 15) is 4.79 Å². The summed E-state index contributed by atoms with van der Waals surface area (Å²) >= 11 is 0. The molecule has 8 nitrogen and oxygen atoms in total. The van der Waals surface area contributed by atoms with Gasteiger partial charge < -0.3 is 14.2 Å². The molecule has 0 amide bonds. The van der Waals surface area contributed by atoms with Gasteiger partial charge in [-0.05, 0) is 51.1 Å². The van der Waals surface area contributed by atoms with Crippen LogP contribution < -0.4 is 0 Å². The molecular formula is C18H21N5O3. The Labute approximate surface area is 150 Å². The van der Waals surface area contributed by atoms with E-state index in [0.717, 1.165) is 55.2 Å². The lowest BCUT2D eigenvalue weighted by molar-refractivity contribution is 0.0697. The SMILES string of the molecule is Cc1noc(C2CCN(Cc3nc4cc(C(=O)O)ccc4n3C)CC2)n1. The van der Waals surface area contributed by atoms with Crippen LogP contribution in [0.15, 0.2) is 22.7 Å². The zero-order valence-electron chi connectivity index (χ0n) is 14.8. The van der Waals surface area contributed by atoms with Crippen LogP contribution in [0.2, 0.25) is 0 Å². The normalized spacial score (nSPS) is 16.4. The number of rotatable bonds is 4. The highest BCUT2D eigenvalue weighted by Gasteiger charge is 2.25. The minimum Gasteiger partial charge on any atom is -0.478 e. The van der Waals surface area contributed by atoms with E-state index >= 15 is 0 Å². The summed E-state index contributed by atoms with van der Waals surface area (Å²) in [7, 11) is 1.97. The van der Waals surface area contributed by atoms with Gasteiger partial charge in [-0.3, -0.25) is 4.90 Å². The molecule has 4 rings (SSSR count). The van der Waals surface area contributed by atoms with Crippen molar-refractivity contribution in [2.45, 2.75) is 32.2 Å². The van der Waals surface area contributed by atoms with Crippen LogP contribution in [0.4, 0.5) is 0 Å². The van der Waals surface area contributed by atoms with E-state index in [2.05, 4.69) is 20.0 Å². The monoisotopic (exact) mass is 355 g/mol. The van der Waals surface area contributed by atoms with Crippen LogP contribution in [0, 0.1) is 6.92 Å². The van der Waals surface area contributed by atoms with Crippen molar-refractivity contribution in [3.8, 4) is 0 Å². The van der Waals surface area contributed by atoms with Gasteiger partial charge in [0.1, 0.15) is 5.82 Å². The van der Waals surface area contributed by atoms with Gasteiger partial charge in [0.15, 0.2) is 5.82 Å². The molecule has 0 aliphatic carbocycles. The van der Waals surface area contributed by atoms with Gasteiger partial charge in [0, 0.05) is 13.0 Å². The summed E-state index contributed by atoms with van der Waals surface area (Å²) in [5, 5.41) is 13.0. The molecule has 0 saturated carbocycles. The number of carboxylic acid groups (broad SMARTS) is 1. The number of aryl methyl sites for hydroxylation is 2. The maximum Gasteiger partial charge on any atom is 0.335 e. The van der Waals surface area contributed by atoms with Crippen LogP contribution >= 0.6 is 0 Å². The van der Waals surface area contributed by atoms with Gasteiger partial charge in [-0.25, -0.2) is 9.78 Å². The fourth-order valence-electron chi connectivity index (χ4n) is 3.54. The minimum atomic E-state index is -0.933. The lowest BCUT2D eigenvalue weighted by Gasteiger charge is -2.29. The zero-order valence-corrected chi connectivity index (χ0v) is 14.8. The maximum absolute atomic E-state index is 11.1. The quantitative estimate of drug-likeness (QED) is 0.767. The number of aromatic nitrogens is 4. The molecule has 26 heavy (non-hydrogen) atoms. The summed E-state index contributed by atoms with van der Waals surface area (Å²) in [6, 6.07) is 5.07. The number of fused-ring (bicyclic) bond motifs is 1. The lowest BCUT2D eigenvalue weighted by atomic mass is 9.97. The first kappa shape index (κ1) is 16.7. The molecule has 0 bridgehead atoms. The molecule has 1 aliphatic rings. The van der Waals surface area contributed by atoms with Crippen molar-refractivity contribution in [1.82, 2.24) is 24.6 Å². The van der Waals surface area contributed by atoms with E-state index in [4.69, 9.17) is 9.63 Å². The van der Waals surface area contributed by atoms with E-state index in [0.29, 0.717) is 11.7 Å². The summed E-state index contributed by atoms with van der Waals surface area (Å²) in [6.45, 7) is 4.46. The smallest absolute Gasteiger partial charge is 0.335 e. The number of likely N-dealkylation sites (tertiary alicyclic amines) is 1. The van der Waals surface area contributed by atoms with E-state index in [1.54, 1.807) is 12.1 Å². The van der Waals surface area contributed by atoms with Crippen molar-refractivity contribution in [2.24, 2.45) is 7.05 Å². The van der Waals surface area contributed by atoms with Gasteiger partial charge in [-0.2, -0.15) is 4.98 Å². The molecule has 1 saturated heterocycles. The molecular weight excluding hydrogens is 334 g/mol. The van der Waals surface area contributed by atoms with Gasteiger partial charge in [0.05, 0.1) is 23.1 Å². The summed E-state index contributed by atoms with van der Waals surface area (Å²) in [5.41, 5.74) is 1.93. The average molecular weight is 355 g/mol. The number of hydrogen-bond donors (Lipinski definition) is 1. The molecule has 8 heteroatoms. The molecule has 0 radical (unpaired) electrons. The largest absolute Gasteiger partial charge is 0.478 e. The summed E-state index contributed by atoms with van der Waals surface area (Å²) < 4.78 is 7.34. The Morgan fingerprint density at radius 3 is 2.73 bits per heavy atom. The highest BCUT2D eigenvalue weighted by molar-refractivity contribution is 5.92. The number of benzene rings is 1. The Bertz CT molecular complexity index is 953. The van der Waals surface area contributed by atoms with Crippen LogP contribution in [-0.4, -0.2) is 48.8 Å². The van der Waals surface area contributed by atoms with Gasteiger partial charge in [0.25, 0.3) is 0 Å². The van der Waals surface area contributed by atoms with Crippen LogP contribution in [0.5, 0.6) is 0 Å². The van der Waals surface area contributed by atoms with Crippen LogP contribution in [-0.2, 0) is 13.6 Å². The first-order chi connectivity index (χ1) is 12.5. The van der Waals surface area contributed by atoms with Crippen molar-refractivity contribution in [3.63, 3.8) is 0 Å². The van der Waals surface area contributed by atoms with Crippen molar-refractivity contribution >= 4 is 17.0 Å². The summed E-state index contributed by atoms with van der Waals surface area (Å²) in [5.74, 6) is 1.76. The Balaban J connectivity index is 1.46. The molecule has 1 fully saturated rings. The van der Waals surface area contributed by atoms with Crippen LogP contribution in [0.3, 0.4) is 0 Å². The molecule has 3 heterocycles. The Morgan fingerprint density at radius 1 is 1.31 bits per heavy atom. The predicted octanol–water partition coefficient (Wildman–Crippen LogP) is 2.34. The van der Waals surface area contributed by atoms with Crippen molar-refractivity contribution in [2.75, 3.05) is 13.1 Å². The summed E-state index contributed by atoms with van der Waals surface area (Å²) in [4.78, 5) is 22.5. The van der Waals surface area contributed by atoms with Gasteiger partial charge in [-0.15, -0.1) is 0 Å². The third-order valence-corrected chi connectivity index (χ3v) is 5.07. The van der Waals surface area contributed by atoms with Crippen molar-refractivity contribution < 1.29 is 14.4 Å². The molecule has 1 aliphatic heterocycles. The number of carboxylic acids is 1. The second-order valence-electron chi connectivity index (χ2n) is 6.83. The Morgan fingerprint density at radius 2 is 2.08 bits per heavy atom. The highest BCUT2D eigenvalue weighted by Crippen LogP contribution is 2.27. The lowest BCUT2D eigenvalue weighted by Crippen LogP contribution is -2.33. The van der Waals surface area contributed by atoms with E-state index in [1.807, 2.05) is 24.6 Å². The first-order valence-corrected chi connectivity index (χ1v) is 8.72. The number of aromatic carboxylic acids is 1. The van der Waals surface area contributed by atoms with Crippen LogP contribution in [0.1, 0.15) is 46.7 Å². The predicted molar refractivity (Wildman–Crippen MR) is 94.0 cm³/mol. The molecule has 0 atom stereocenters. The number of nitrogens with zero attached hydrogens (tertiary/aromatic N) is 5. The van der Waals surface area contributed by atoms with Crippen LogP contribution in [0.25, 0.3) is 11.0 Å². The maximum atomic E-state index is 11.1. The molecule has 0 unspecified atom stereocenters. The zero-order chi connectivity index (χ0) is 18.3. The number of carbonyl (C=O) groups is 1. The number of hydrogen-bond acceptors (Lipinski definition) is 6. The standard InChI is InChI=1S/C18H21N5O3/c1-11-19-17(26-21-11)12-5-7-23(8-6-12)10-16-20-14-9-13(18(24)25)3-4-15(14)22(16)2/h3-4,9,12H,5-8,10H2,1-2H3,(H,24,25). The second kappa shape index (κ2) is 6.53. The third kappa shape index (κ3) is 3.08. The number of imidazole rings is 1. The van der Waals surface area contributed by atoms with E-state index in [-0.39, 0.29) is 5.56 Å². The van der Waals surface area contributed by atoms with Gasteiger partial charge >= 0.3 is 5.97 Å². The third-order valence-electron chi connectivity index (χ3n) is 5.07. The molecule has 2 aromatic heterocycles. The molecule has 3 aromatic rings. The Hall–Kier alpha value is -2.74. The van der Waals surface area contributed by atoms with E-state index < -0.39 is 5.97 Å². The van der Waals surface area contributed by atoms with E-state index in [1.165, 1.54) is 0 Å². The average Bonchev–Trinajstić information content (AvgIpc) is 3.19.